The Hall–Kier alpha value is -2.90. The van der Waals surface area contributed by atoms with Gasteiger partial charge in [0.1, 0.15) is 17.4 Å². The van der Waals surface area contributed by atoms with Gasteiger partial charge in [-0.3, -0.25) is 9.59 Å². The van der Waals surface area contributed by atoms with Gasteiger partial charge in [-0.1, -0.05) is 29.8 Å². The van der Waals surface area contributed by atoms with Crippen molar-refractivity contribution in [1.82, 2.24) is 4.98 Å². The molecular weight excluding hydrogens is 398 g/mol. The predicted octanol–water partition coefficient (Wildman–Crippen LogP) is 3.58. The lowest BCUT2D eigenvalue weighted by atomic mass is 10.1. The van der Waals surface area contributed by atoms with Crippen molar-refractivity contribution in [2.45, 2.75) is 19.4 Å². The number of anilines is 1. The Bertz CT molecular complexity index is 973. The number of amides is 2. The fraction of sp³-hybridized carbons (Fsp3) is 0.150. The van der Waals surface area contributed by atoms with Crippen LogP contribution in [0.5, 0.6) is 5.75 Å². The van der Waals surface area contributed by atoms with Crippen molar-refractivity contribution in [2.24, 2.45) is 5.73 Å². The zero-order chi connectivity index (χ0) is 19.9. The number of thiazole rings is 1. The fourth-order valence-corrected chi connectivity index (χ4v) is 3.35. The van der Waals surface area contributed by atoms with Crippen LogP contribution in [-0.2, 0) is 29.0 Å². The summed E-state index contributed by atoms with van der Waals surface area (Å²) in [5, 5.41) is 6.06. The van der Waals surface area contributed by atoms with Crippen molar-refractivity contribution in [3.05, 3.63) is 75.2 Å². The molecule has 2 aromatic carbocycles. The topological polar surface area (TPSA) is 94.3 Å². The Morgan fingerprint density at radius 2 is 1.86 bits per heavy atom. The van der Waals surface area contributed by atoms with Crippen LogP contribution >= 0.6 is 22.9 Å². The number of ether oxygens (including phenoxy) is 1. The monoisotopic (exact) mass is 415 g/mol. The van der Waals surface area contributed by atoms with Crippen LogP contribution in [0.1, 0.15) is 16.3 Å². The summed E-state index contributed by atoms with van der Waals surface area (Å²) in [5.74, 6) is 0.0314. The van der Waals surface area contributed by atoms with Gasteiger partial charge in [-0.25, -0.2) is 4.98 Å². The van der Waals surface area contributed by atoms with E-state index in [-0.39, 0.29) is 18.7 Å². The molecule has 3 aromatic rings. The van der Waals surface area contributed by atoms with Crippen molar-refractivity contribution in [3.8, 4) is 5.75 Å². The highest BCUT2D eigenvalue weighted by atomic mass is 35.5. The minimum atomic E-state index is -0.452. The maximum Gasteiger partial charge on any atom is 0.230 e. The van der Waals surface area contributed by atoms with Crippen LogP contribution < -0.4 is 15.8 Å². The molecule has 0 unspecified atom stereocenters. The van der Waals surface area contributed by atoms with E-state index in [1.165, 1.54) is 11.3 Å². The summed E-state index contributed by atoms with van der Waals surface area (Å²) < 4.78 is 5.66. The van der Waals surface area contributed by atoms with Gasteiger partial charge < -0.3 is 15.8 Å². The highest BCUT2D eigenvalue weighted by molar-refractivity contribution is 7.09. The Labute approximate surface area is 171 Å². The number of nitrogens with zero attached hydrogens (tertiary/aromatic N) is 1. The number of rotatable bonds is 8. The molecule has 0 aliphatic rings. The summed E-state index contributed by atoms with van der Waals surface area (Å²) in [6.45, 7) is 0.315. The zero-order valence-corrected chi connectivity index (χ0v) is 16.4. The fourth-order valence-electron chi connectivity index (χ4n) is 2.52. The third-order valence-corrected chi connectivity index (χ3v) is 4.90. The zero-order valence-electron chi connectivity index (χ0n) is 14.9. The van der Waals surface area contributed by atoms with Crippen molar-refractivity contribution in [3.63, 3.8) is 0 Å². The van der Waals surface area contributed by atoms with Crippen LogP contribution in [0, 0.1) is 0 Å². The molecule has 8 heteroatoms. The molecule has 0 aliphatic heterocycles. The summed E-state index contributed by atoms with van der Waals surface area (Å²) in [6, 6.07) is 14.2. The molecule has 0 saturated carbocycles. The first kappa shape index (κ1) is 19.9. The van der Waals surface area contributed by atoms with E-state index in [2.05, 4.69) is 10.3 Å². The molecule has 0 bridgehead atoms. The number of para-hydroxylation sites is 1. The Morgan fingerprint density at radius 1 is 1.11 bits per heavy atom. The minimum Gasteiger partial charge on any atom is -0.486 e. The lowest BCUT2D eigenvalue weighted by Gasteiger charge is -2.09. The lowest BCUT2D eigenvalue weighted by Crippen LogP contribution is -2.18. The summed E-state index contributed by atoms with van der Waals surface area (Å²) in [5.41, 5.74) is 7.16. The number of carbonyl (C=O) groups is 2. The number of hydrogen-bond donors (Lipinski definition) is 2. The molecule has 6 nitrogen and oxygen atoms in total. The van der Waals surface area contributed by atoms with Crippen LogP contribution in [0.25, 0.3) is 0 Å². The first-order valence-corrected chi connectivity index (χ1v) is 9.73. The van der Waals surface area contributed by atoms with Gasteiger partial charge in [0.05, 0.1) is 18.5 Å². The SMILES string of the molecule is NC(=O)Cc1ccccc1NC(=O)Cc1csc(COc2ccc(Cl)cc2)n1. The minimum absolute atomic E-state index is 0.0688. The highest BCUT2D eigenvalue weighted by Crippen LogP contribution is 2.19. The Morgan fingerprint density at radius 3 is 2.61 bits per heavy atom. The molecule has 1 heterocycles. The number of halogens is 1. The van der Waals surface area contributed by atoms with E-state index >= 15 is 0 Å². The molecule has 0 atom stereocenters. The van der Waals surface area contributed by atoms with Crippen LogP contribution in [-0.4, -0.2) is 16.8 Å². The van der Waals surface area contributed by atoms with E-state index in [0.717, 1.165) is 5.01 Å². The second-order valence-corrected chi connectivity index (χ2v) is 7.38. The van der Waals surface area contributed by atoms with Crippen LogP contribution in [0.2, 0.25) is 5.02 Å². The lowest BCUT2D eigenvalue weighted by molar-refractivity contribution is -0.117. The van der Waals surface area contributed by atoms with Gasteiger partial charge in [-0.05, 0) is 35.9 Å². The average Bonchev–Trinajstić information content (AvgIpc) is 3.10. The second-order valence-electron chi connectivity index (χ2n) is 6.00. The quantitative estimate of drug-likeness (QED) is 0.587. The third kappa shape index (κ3) is 5.80. The third-order valence-electron chi connectivity index (χ3n) is 3.77. The van der Waals surface area contributed by atoms with Gasteiger partial charge in [0.15, 0.2) is 0 Å². The maximum atomic E-state index is 12.3. The molecule has 1 aromatic heterocycles. The normalized spacial score (nSPS) is 10.5. The molecule has 0 fully saturated rings. The van der Waals surface area contributed by atoms with Gasteiger partial charge in [-0.15, -0.1) is 11.3 Å². The maximum absolute atomic E-state index is 12.3. The van der Waals surface area contributed by atoms with Crippen molar-refractivity contribution < 1.29 is 14.3 Å². The number of aromatic nitrogens is 1. The molecule has 2 amide bonds. The molecule has 0 radical (unpaired) electrons. The van der Waals surface area contributed by atoms with E-state index in [0.29, 0.717) is 34.3 Å². The Kier molecular flexibility index (Phi) is 6.62. The molecule has 0 spiro atoms. The molecule has 144 valence electrons. The van der Waals surface area contributed by atoms with E-state index in [9.17, 15) is 9.59 Å². The number of nitrogens with one attached hydrogen (secondary N) is 1. The van der Waals surface area contributed by atoms with E-state index in [1.54, 1.807) is 48.5 Å². The van der Waals surface area contributed by atoms with Crippen LogP contribution in [0.4, 0.5) is 5.69 Å². The molecular formula is C20H18ClN3O3S. The first-order valence-electron chi connectivity index (χ1n) is 8.47. The summed E-state index contributed by atoms with van der Waals surface area (Å²) >= 11 is 7.27. The smallest absolute Gasteiger partial charge is 0.230 e. The summed E-state index contributed by atoms with van der Waals surface area (Å²) in [4.78, 5) is 27.9. The van der Waals surface area contributed by atoms with Crippen molar-refractivity contribution >= 4 is 40.4 Å². The summed E-state index contributed by atoms with van der Waals surface area (Å²) in [7, 11) is 0. The van der Waals surface area contributed by atoms with Gasteiger partial charge in [0.25, 0.3) is 0 Å². The van der Waals surface area contributed by atoms with Crippen molar-refractivity contribution in [2.75, 3.05) is 5.32 Å². The Balaban J connectivity index is 1.55. The highest BCUT2D eigenvalue weighted by Gasteiger charge is 2.11. The predicted molar refractivity (Wildman–Crippen MR) is 110 cm³/mol. The number of nitrogens with two attached hydrogens (primary N) is 1. The second kappa shape index (κ2) is 9.34. The van der Waals surface area contributed by atoms with Crippen molar-refractivity contribution in [1.29, 1.82) is 0 Å². The van der Waals surface area contributed by atoms with Crippen LogP contribution in [0.3, 0.4) is 0 Å². The van der Waals surface area contributed by atoms with Gasteiger partial charge in [0, 0.05) is 16.1 Å². The van der Waals surface area contributed by atoms with Gasteiger partial charge >= 0.3 is 0 Å². The standard InChI is InChI=1S/C20H18ClN3O3S/c21-14-5-7-16(8-6-14)27-11-20-23-15(12-28-20)10-19(26)24-17-4-2-1-3-13(17)9-18(22)25/h1-8,12H,9-11H2,(H2,22,25)(H,24,26). The summed E-state index contributed by atoms with van der Waals surface area (Å²) in [6.07, 6.45) is 0.196. The molecule has 28 heavy (non-hydrogen) atoms. The van der Waals surface area contributed by atoms with E-state index in [4.69, 9.17) is 22.1 Å². The molecule has 3 N–H and O–H groups in total. The molecule has 0 saturated heterocycles. The van der Waals surface area contributed by atoms with Crippen LogP contribution in [0.15, 0.2) is 53.9 Å². The largest absolute Gasteiger partial charge is 0.486 e. The van der Waals surface area contributed by atoms with E-state index in [1.807, 2.05) is 5.38 Å². The average molecular weight is 416 g/mol. The van der Waals surface area contributed by atoms with Gasteiger partial charge in [0.2, 0.25) is 11.8 Å². The number of benzene rings is 2. The molecule has 0 aliphatic carbocycles. The van der Waals surface area contributed by atoms with Gasteiger partial charge in [-0.2, -0.15) is 0 Å². The number of primary amides is 1. The van der Waals surface area contributed by atoms with E-state index < -0.39 is 5.91 Å². The first-order chi connectivity index (χ1) is 13.5. The number of hydrogen-bond acceptors (Lipinski definition) is 5. The number of carbonyl (C=O) groups excluding carboxylic acids is 2. The molecule has 3 rings (SSSR count).